The van der Waals surface area contributed by atoms with Crippen molar-refractivity contribution < 1.29 is 19.2 Å². The number of likely N-dealkylation sites (tertiary alicyclic amines) is 1. The van der Waals surface area contributed by atoms with Gasteiger partial charge in [0.2, 0.25) is 0 Å². The second-order valence-corrected chi connectivity index (χ2v) is 5.49. The number of carboxylic acids is 1. The zero-order chi connectivity index (χ0) is 14.8. The summed E-state index contributed by atoms with van der Waals surface area (Å²) in [7, 11) is 0. The van der Waals surface area contributed by atoms with E-state index in [-0.39, 0.29) is 18.1 Å². The van der Waals surface area contributed by atoms with Crippen LogP contribution in [0.4, 0.5) is 0 Å². The highest BCUT2D eigenvalue weighted by atomic mass is 16.5. The monoisotopic (exact) mass is 280 g/mol. The molecule has 110 valence electrons. The molecule has 0 saturated carbocycles. The molecule has 0 spiro atoms. The molecule has 1 aromatic heterocycles. The third-order valence-electron chi connectivity index (χ3n) is 3.89. The Hall–Kier alpha value is -1.85. The summed E-state index contributed by atoms with van der Waals surface area (Å²) >= 11 is 0. The lowest BCUT2D eigenvalue weighted by atomic mass is 9.76. The van der Waals surface area contributed by atoms with E-state index < -0.39 is 11.4 Å². The predicted molar refractivity (Wildman–Crippen MR) is 71.4 cm³/mol. The molecule has 1 aromatic rings. The summed E-state index contributed by atoms with van der Waals surface area (Å²) < 4.78 is 4.91. The molecule has 0 radical (unpaired) electrons. The van der Waals surface area contributed by atoms with E-state index in [0.29, 0.717) is 31.6 Å². The summed E-state index contributed by atoms with van der Waals surface area (Å²) in [5.41, 5.74) is -0.568. The minimum Gasteiger partial charge on any atom is -0.481 e. The molecule has 1 N–H and O–H groups in total. The van der Waals surface area contributed by atoms with E-state index in [1.54, 1.807) is 17.9 Å². The number of hydrogen-bond donors (Lipinski definition) is 1. The molecule has 2 heterocycles. The second-order valence-electron chi connectivity index (χ2n) is 5.49. The van der Waals surface area contributed by atoms with Gasteiger partial charge < -0.3 is 14.5 Å². The van der Waals surface area contributed by atoms with Crippen molar-refractivity contribution in [3.63, 3.8) is 0 Å². The fraction of sp³-hybridized carbons (Fsp3) is 0.643. The Kier molecular flexibility index (Phi) is 4.11. The second kappa shape index (κ2) is 5.64. The maximum atomic E-state index is 12.3. The maximum Gasteiger partial charge on any atom is 0.311 e. The molecule has 0 bridgehead atoms. The quantitative estimate of drug-likeness (QED) is 0.913. The van der Waals surface area contributed by atoms with Crippen molar-refractivity contribution in [2.75, 3.05) is 13.1 Å². The number of amides is 1. The van der Waals surface area contributed by atoms with E-state index >= 15 is 0 Å². The van der Waals surface area contributed by atoms with E-state index in [1.807, 2.05) is 6.92 Å². The summed E-state index contributed by atoms with van der Waals surface area (Å²) in [6.45, 7) is 4.51. The van der Waals surface area contributed by atoms with Crippen LogP contribution in [0.5, 0.6) is 0 Å². The van der Waals surface area contributed by atoms with E-state index in [4.69, 9.17) is 4.52 Å². The van der Waals surface area contributed by atoms with E-state index in [1.165, 1.54) is 0 Å². The first-order chi connectivity index (χ1) is 9.48. The van der Waals surface area contributed by atoms with Crippen LogP contribution in [0.2, 0.25) is 0 Å². The molecule has 0 aromatic carbocycles. The van der Waals surface area contributed by atoms with Gasteiger partial charge in [0.1, 0.15) is 5.76 Å². The Bertz CT molecular complexity index is 507. The summed E-state index contributed by atoms with van der Waals surface area (Å²) in [6.07, 6.45) is 2.70. The lowest BCUT2D eigenvalue weighted by Gasteiger charge is -2.39. The number of carboxylic acid groups (broad SMARTS) is 1. The standard InChI is InChI=1S/C14H20N2O4/c1-3-5-14(13(18)19)6-4-7-16(9-14)12(17)11-8-10(2)20-15-11/h8H,3-7,9H2,1-2H3,(H,18,19). The van der Waals surface area contributed by atoms with Crippen LogP contribution in [0.1, 0.15) is 48.9 Å². The molecular formula is C14H20N2O4. The van der Waals surface area contributed by atoms with Crippen LogP contribution in [-0.4, -0.2) is 40.1 Å². The summed E-state index contributed by atoms with van der Waals surface area (Å²) in [4.78, 5) is 25.5. The van der Waals surface area contributed by atoms with Crippen LogP contribution >= 0.6 is 0 Å². The fourth-order valence-corrected chi connectivity index (χ4v) is 2.90. The number of carbonyl (C=O) groups excluding carboxylic acids is 1. The number of aliphatic carboxylic acids is 1. The van der Waals surface area contributed by atoms with Gasteiger partial charge in [0.15, 0.2) is 5.69 Å². The first-order valence-electron chi connectivity index (χ1n) is 6.94. The molecule has 1 unspecified atom stereocenters. The summed E-state index contributed by atoms with van der Waals surface area (Å²) in [5.74, 6) is -0.486. The minimum absolute atomic E-state index is 0.247. The molecule has 1 aliphatic heterocycles. The first kappa shape index (κ1) is 14.6. The Morgan fingerprint density at radius 1 is 1.55 bits per heavy atom. The summed E-state index contributed by atoms with van der Waals surface area (Å²) in [6, 6.07) is 1.58. The number of piperidine rings is 1. The third kappa shape index (κ3) is 2.69. The largest absolute Gasteiger partial charge is 0.481 e. The molecule has 1 atom stereocenters. The Balaban J connectivity index is 2.17. The third-order valence-corrected chi connectivity index (χ3v) is 3.89. The Morgan fingerprint density at radius 3 is 2.85 bits per heavy atom. The Labute approximate surface area is 117 Å². The van der Waals surface area contributed by atoms with E-state index in [2.05, 4.69) is 5.16 Å². The van der Waals surface area contributed by atoms with Crippen molar-refractivity contribution in [3.05, 3.63) is 17.5 Å². The van der Waals surface area contributed by atoms with Crippen molar-refractivity contribution in [2.24, 2.45) is 5.41 Å². The van der Waals surface area contributed by atoms with Crippen LogP contribution in [-0.2, 0) is 4.79 Å². The molecule has 6 nitrogen and oxygen atoms in total. The highest BCUT2D eigenvalue weighted by Crippen LogP contribution is 2.35. The SMILES string of the molecule is CCCC1(C(=O)O)CCCN(C(=O)c2cc(C)on2)C1. The van der Waals surface area contributed by atoms with Gasteiger partial charge in [-0.3, -0.25) is 9.59 Å². The van der Waals surface area contributed by atoms with Crippen LogP contribution < -0.4 is 0 Å². The van der Waals surface area contributed by atoms with Crippen molar-refractivity contribution in [2.45, 2.75) is 39.5 Å². The van der Waals surface area contributed by atoms with Gasteiger partial charge in [0, 0.05) is 19.2 Å². The van der Waals surface area contributed by atoms with Gasteiger partial charge in [0.05, 0.1) is 5.41 Å². The smallest absolute Gasteiger partial charge is 0.311 e. The number of nitrogens with zero attached hydrogens (tertiary/aromatic N) is 2. The predicted octanol–water partition coefficient (Wildman–Crippen LogP) is 2.09. The topological polar surface area (TPSA) is 83.6 Å². The van der Waals surface area contributed by atoms with Gasteiger partial charge in [0.25, 0.3) is 5.91 Å². The van der Waals surface area contributed by atoms with Crippen LogP contribution in [0.25, 0.3) is 0 Å². The molecule has 20 heavy (non-hydrogen) atoms. The summed E-state index contributed by atoms with van der Waals surface area (Å²) in [5, 5.41) is 13.2. The average molecular weight is 280 g/mol. The fourth-order valence-electron chi connectivity index (χ4n) is 2.90. The zero-order valence-corrected chi connectivity index (χ0v) is 11.9. The molecule has 1 amide bonds. The molecule has 1 aliphatic rings. The first-order valence-corrected chi connectivity index (χ1v) is 6.94. The number of rotatable bonds is 4. The van der Waals surface area contributed by atoms with Crippen LogP contribution in [0.15, 0.2) is 10.6 Å². The van der Waals surface area contributed by atoms with Gasteiger partial charge in [-0.2, -0.15) is 0 Å². The van der Waals surface area contributed by atoms with E-state index in [9.17, 15) is 14.7 Å². The van der Waals surface area contributed by atoms with Gasteiger partial charge in [-0.15, -0.1) is 0 Å². The lowest BCUT2D eigenvalue weighted by Crippen LogP contribution is -2.50. The van der Waals surface area contributed by atoms with Gasteiger partial charge in [-0.05, 0) is 26.2 Å². The number of aryl methyl sites for hydroxylation is 1. The molecule has 0 aliphatic carbocycles. The van der Waals surface area contributed by atoms with Crippen LogP contribution in [0, 0.1) is 12.3 Å². The van der Waals surface area contributed by atoms with Crippen molar-refractivity contribution >= 4 is 11.9 Å². The molecule has 1 saturated heterocycles. The number of hydrogen-bond acceptors (Lipinski definition) is 4. The lowest BCUT2D eigenvalue weighted by molar-refractivity contribution is -0.152. The van der Waals surface area contributed by atoms with Crippen molar-refractivity contribution in [1.29, 1.82) is 0 Å². The van der Waals surface area contributed by atoms with E-state index in [0.717, 1.165) is 6.42 Å². The van der Waals surface area contributed by atoms with Gasteiger partial charge >= 0.3 is 5.97 Å². The van der Waals surface area contributed by atoms with Gasteiger partial charge in [-0.1, -0.05) is 18.5 Å². The van der Waals surface area contributed by atoms with Crippen molar-refractivity contribution in [1.82, 2.24) is 10.1 Å². The van der Waals surface area contributed by atoms with Crippen molar-refractivity contribution in [3.8, 4) is 0 Å². The van der Waals surface area contributed by atoms with Gasteiger partial charge in [-0.25, -0.2) is 0 Å². The average Bonchev–Trinajstić information content (AvgIpc) is 2.85. The molecular weight excluding hydrogens is 260 g/mol. The normalized spacial score (nSPS) is 22.8. The molecule has 6 heteroatoms. The highest BCUT2D eigenvalue weighted by molar-refractivity contribution is 5.92. The molecule has 1 fully saturated rings. The molecule has 2 rings (SSSR count). The minimum atomic E-state index is -0.818. The zero-order valence-electron chi connectivity index (χ0n) is 11.9. The maximum absolute atomic E-state index is 12.3. The number of carbonyl (C=O) groups is 2. The Morgan fingerprint density at radius 2 is 2.30 bits per heavy atom. The highest BCUT2D eigenvalue weighted by Gasteiger charge is 2.43. The number of aromatic nitrogens is 1. The van der Waals surface area contributed by atoms with Crippen LogP contribution in [0.3, 0.4) is 0 Å².